The van der Waals surface area contributed by atoms with Gasteiger partial charge in [-0.1, -0.05) is 18.2 Å². The molecular weight excluding hydrogens is 262 g/mol. The number of para-hydroxylation sites is 1. The monoisotopic (exact) mass is 277 g/mol. The molecule has 0 saturated heterocycles. The average molecular weight is 277 g/mol. The van der Waals surface area contributed by atoms with E-state index in [2.05, 4.69) is 10.6 Å². The van der Waals surface area contributed by atoms with E-state index in [1.165, 1.54) is 0 Å². The number of carboxylic acids is 1. The molecule has 0 radical (unpaired) electrons. The number of anilines is 1. The molecule has 0 saturated carbocycles. The zero-order valence-corrected chi connectivity index (χ0v) is 10.6. The smallest absolute Gasteiger partial charge is 0.326 e. The highest BCUT2D eigenvalue weighted by atomic mass is 16.4. The van der Waals surface area contributed by atoms with Gasteiger partial charge in [-0.15, -0.1) is 0 Å². The molecule has 7 nitrogen and oxygen atoms in total. The predicted molar refractivity (Wildman–Crippen MR) is 70.9 cm³/mol. The summed E-state index contributed by atoms with van der Waals surface area (Å²) in [5.41, 5.74) is 6.81. The molecule has 0 fully saturated rings. The van der Waals surface area contributed by atoms with Crippen molar-refractivity contribution < 1.29 is 19.5 Å². The Labute approximate surface area is 115 Å². The van der Waals surface area contributed by atoms with Crippen molar-refractivity contribution in [3.63, 3.8) is 0 Å². The minimum absolute atomic E-state index is 0.430. The Morgan fingerprint density at radius 1 is 1.40 bits per heavy atom. The maximum atomic E-state index is 12.0. The molecule has 0 aromatic heterocycles. The number of rotatable bonds is 5. The largest absolute Gasteiger partial charge is 0.480 e. The van der Waals surface area contributed by atoms with Crippen LogP contribution in [0, 0.1) is 0 Å². The second-order valence-electron chi connectivity index (χ2n) is 4.63. The first kappa shape index (κ1) is 13.9. The summed E-state index contributed by atoms with van der Waals surface area (Å²) in [6.45, 7) is 0. The van der Waals surface area contributed by atoms with E-state index in [1.807, 2.05) is 24.3 Å². The van der Waals surface area contributed by atoms with Gasteiger partial charge in [-0.2, -0.15) is 0 Å². The summed E-state index contributed by atoms with van der Waals surface area (Å²) in [5.74, 6) is -2.53. The number of nitrogens with one attached hydrogen (secondary N) is 2. The molecule has 0 bridgehead atoms. The van der Waals surface area contributed by atoms with Crippen LogP contribution in [-0.2, 0) is 20.8 Å². The molecule has 106 valence electrons. The van der Waals surface area contributed by atoms with Crippen molar-refractivity contribution in [2.45, 2.75) is 24.9 Å². The highest BCUT2D eigenvalue weighted by molar-refractivity contribution is 5.92. The second-order valence-corrected chi connectivity index (χ2v) is 4.63. The first-order valence-corrected chi connectivity index (χ1v) is 6.13. The molecule has 0 spiro atoms. The summed E-state index contributed by atoms with van der Waals surface area (Å²) in [6.07, 6.45) is 0.0473. The van der Waals surface area contributed by atoms with E-state index in [0.29, 0.717) is 6.42 Å². The van der Waals surface area contributed by atoms with Crippen molar-refractivity contribution in [1.29, 1.82) is 0 Å². The molecule has 1 aliphatic heterocycles. The van der Waals surface area contributed by atoms with Gasteiger partial charge in [0.1, 0.15) is 12.1 Å². The van der Waals surface area contributed by atoms with Crippen LogP contribution < -0.4 is 16.4 Å². The minimum Gasteiger partial charge on any atom is -0.480 e. The van der Waals surface area contributed by atoms with Crippen molar-refractivity contribution >= 4 is 23.5 Å². The van der Waals surface area contributed by atoms with E-state index >= 15 is 0 Å². The molecule has 2 amide bonds. The molecule has 1 aliphatic rings. The quantitative estimate of drug-likeness (QED) is 0.576. The van der Waals surface area contributed by atoms with E-state index in [1.54, 1.807) is 0 Å². The van der Waals surface area contributed by atoms with Gasteiger partial charge in [0.25, 0.3) is 0 Å². The average Bonchev–Trinajstić information content (AvgIpc) is 2.81. The molecule has 2 unspecified atom stereocenters. The fraction of sp³-hybridized carbons (Fsp3) is 0.308. The first-order valence-electron chi connectivity index (χ1n) is 6.13. The standard InChI is InChI=1S/C13H15N3O4/c14-11(17)6-10(13(19)20)16-12(18)9-5-7-3-1-2-4-8(7)15-9/h1-4,9-10,15H,5-6H2,(H2,14,17)(H,16,18)(H,19,20). The second kappa shape index (κ2) is 5.60. The maximum Gasteiger partial charge on any atom is 0.326 e. The Morgan fingerprint density at radius 2 is 2.10 bits per heavy atom. The third-order valence-electron chi connectivity index (χ3n) is 3.11. The van der Waals surface area contributed by atoms with Gasteiger partial charge in [-0.05, 0) is 11.6 Å². The van der Waals surface area contributed by atoms with Crippen LogP contribution in [0.2, 0.25) is 0 Å². The summed E-state index contributed by atoms with van der Waals surface area (Å²) >= 11 is 0. The lowest BCUT2D eigenvalue weighted by molar-refractivity contribution is -0.143. The van der Waals surface area contributed by atoms with Gasteiger partial charge in [-0.3, -0.25) is 9.59 Å². The van der Waals surface area contributed by atoms with Crippen molar-refractivity contribution in [3.8, 4) is 0 Å². The number of primary amides is 1. The molecular formula is C13H15N3O4. The number of benzene rings is 1. The molecule has 1 aromatic carbocycles. The number of hydrogen-bond donors (Lipinski definition) is 4. The lowest BCUT2D eigenvalue weighted by Crippen LogP contribution is -2.48. The Hall–Kier alpha value is -2.57. The van der Waals surface area contributed by atoms with Gasteiger partial charge < -0.3 is 21.5 Å². The van der Waals surface area contributed by atoms with E-state index < -0.39 is 36.3 Å². The van der Waals surface area contributed by atoms with Crippen LogP contribution in [0.25, 0.3) is 0 Å². The summed E-state index contributed by atoms with van der Waals surface area (Å²) < 4.78 is 0. The predicted octanol–water partition coefficient (Wildman–Crippen LogP) is -0.532. The van der Waals surface area contributed by atoms with Crippen LogP contribution >= 0.6 is 0 Å². The van der Waals surface area contributed by atoms with Crippen molar-refractivity contribution in [3.05, 3.63) is 29.8 Å². The lowest BCUT2D eigenvalue weighted by atomic mass is 10.1. The summed E-state index contributed by atoms with van der Waals surface area (Å²) in [6, 6.07) is 5.62. The van der Waals surface area contributed by atoms with Crippen LogP contribution in [0.5, 0.6) is 0 Å². The number of carbonyl (C=O) groups is 3. The fourth-order valence-corrected chi connectivity index (χ4v) is 2.13. The highest BCUT2D eigenvalue weighted by Gasteiger charge is 2.30. The molecule has 2 rings (SSSR count). The van der Waals surface area contributed by atoms with Gasteiger partial charge in [0, 0.05) is 12.1 Å². The van der Waals surface area contributed by atoms with Gasteiger partial charge in [0.2, 0.25) is 11.8 Å². The Bertz CT molecular complexity index is 533. The van der Waals surface area contributed by atoms with Crippen LogP contribution in [0.3, 0.4) is 0 Å². The number of fused-ring (bicyclic) bond motifs is 1. The lowest BCUT2D eigenvalue weighted by Gasteiger charge is -2.16. The van der Waals surface area contributed by atoms with Crippen LogP contribution in [-0.4, -0.2) is 35.0 Å². The van der Waals surface area contributed by atoms with Crippen molar-refractivity contribution in [2.75, 3.05) is 5.32 Å². The third-order valence-corrected chi connectivity index (χ3v) is 3.11. The van der Waals surface area contributed by atoms with Gasteiger partial charge >= 0.3 is 5.97 Å². The molecule has 7 heteroatoms. The molecule has 1 aromatic rings. The Balaban J connectivity index is 1.99. The highest BCUT2D eigenvalue weighted by Crippen LogP contribution is 2.25. The molecule has 0 aliphatic carbocycles. The van der Waals surface area contributed by atoms with E-state index in [9.17, 15) is 14.4 Å². The number of amides is 2. The Morgan fingerprint density at radius 3 is 2.70 bits per heavy atom. The zero-order valence-electron chi connectivity index (χ0n) is 10.6. The van der Waals surface area contributed by atoms with Crippen LogP contribution in [0.15, 0.2) is 24.3 Å². The molecule has 2 atom stereocenters. The third kappa shape index (κ3) is 3.05. The SMILES string of the molecule is NC(=O)CC(NC(=O)C1Cc2ccccc2N1)C(=O)O. The fourth-order valence-electron chi connectivity index (χ4n) is 2.13. The summed E-state index contributed by atoms with van der Waals surface area (Å²) in [7, 11) is 0. The van der Waals surface area contributed by atoms with Crippen molar-refractivity contribution in [1.82, 2.24) is 5.32 Å². The zero-order chi connectivity index (χ0) is 14.7. The van der Waals surface area contributed by atoms with Gasteiger partial charge in [-0.25, -0.2) is 4.79 Å². The van der Waals surface area contributed by atoms with Crippen LogP contribution in [0.1, 0.15) is 12.0 Å². The number of hydrogen-bond acceptors (Lipinski definition) is 4. The van der Waals surface area contributed by atoms with E-state index in [4.69, 9.17) is 10.8 Å². The van der Waals surface area contributed by atoms with Crippen molar-refractivity contribution in [2.24, 2.45) is 5.73 Å². The van der Waals surface area contributed by atoms with Crippen LogP contribution in [0.4, 0.5) is 5.69 Å². The normalized spacial score (nSPS) is 17.7. The van der Waals surface area contributed by atoms with Gasteiger partial charge in [0.05, 0.1) is 6.42 Å². The minimum atomic E-state index is -1.30. The van der Waals surface area contributed by atoms with E-state index in [0.717, 1.165) is 11.3 Å². The topological polar surface area (TPSA) is 122 Å². The number of aliphatic carboxylic acids is 1. The molecule has 5 N–H and O–H groups in total. The van der Waals surface area contributed by atoms with Gasteiger partial charge in [0.15, 0.2) is 0 Å². The Kier molecular flexibility index (Phi) is 3.88. The summed E-state index contributed by atoms with van der Waals surface area (Å²) in [4.78, 5) is 33.8. The number of nitrogens with two attached hydrogens (primary N) is 1. The number of carbonyl (C=O) groups excluding carboxylic acids is 2. The number of carboxylic acid groups (broad SMARTS) is 1. The summed E-state index contributed by atoms with van der Waals surface area (Å²) in [5, 5.41) is 14.3. The molecule has 1 heterocycles. The maximum absolute atomic E-state index is 12.0. The first-order chi connectivity index (χ1) is 9.47. The molecule has 20 heavy (non-hydrogen) atoms. The van der Waals surface area contributed by atoms with E-state index in [-0.39, 0.29) is 0 Å².